The van der Waals surface area contributed by atoms with Gasteiger partial charge in [0.15, 0.2) is 0 Å². The van der Waals surface area contributed by atoms with Crippen molar-refractivity contribution in [2.75, 3.05) is 31.7 Å². The van der Waals surface area contributed by atoms with Crippen LogP contribution in [0.2, 0.25) is 0 Å². The van der Waals surface area contributed by atoms with Crippen LogP contribution in [0.5, 0.6) is 0 Å². The van der Waals surface area contributed by atoms with Crippen molar-refractivity contribution in [2.24, 2.45) is 0 Å². The third-order valence-corrected chi connectivity index (χ3v) is 2.74. The Morgan fingerprint density at radius 1 is 1.41 bits per heavy atom. The van der Waals surface area contributed by atoms with E-state index in [1.165, 1.54) is 6.07 Å². The summed E-state index contributed by atoms with van der Waals surface area (Å²) < 4.78 is 13.2. The lowest BCUT2D eigenvalue weighted by Gasteiger charge is -2.19. The lowest BCUT2D eigenvalue weighted by molar-refractivity contribution is 0.390. The fraction of sp³-hybridized carbons (Fsp3) is 0.538. The van der Waals surface area contributed by atoms with Crippen LogP contribution in [-0.4, -0.2) is 31.6 Å². The Bertz CT molecular complexity index is 377. The van der Waals surface area contributed by atoms with Crippen LogP contribution >= 0.6 is 0 Å². The molecule has 3 nitrogen and oxygen atoms in total. The molecular formula is C13H22FN3. The zero-order valence-corrected chi connectivity index (χ0v) is 11.0. The van der Waals surface area contributed by atoms with Crippen molar-refractivity contribution in [1.82, 2.24) is 4.90 Å². The number of hydrogen-bond donors (Lipinski definition) is 2. The van der Waals surface area contributed by atoms with Crippen molar-refractivity contribution < 1.29 is 4.39 Å². The van der Waals surface area contributed by atoms with Crippen LogP contribution in [-0.2, 0) is 0 Å². The molecule has 0 spiro atoms. The molecule has 1 aromatic carbocycles. The molecule has 4 heteroatoms. The minimum absolute atomic E-state index is 0.256. The second kappa shape index (κ2) is 5.87. The van der Waals surface area contributed by atoms with E-state index in [-0.39, 0.29) is 5.82 Å². The maximum absolute atomic E-state index is 13.2. The molecule has 0 saturated carbocycles. The molecule has 0 aromatic heterocycles. The Hall–Kier alpha value is -1.29. The first-order valence-corrected chi connectivity index (χ1v) is 5.87. The van der Waals surface area contributed by atoms with Crippen LogP contribution in [0.3, 0.4) is 0 Å². The number of nitrogen functional groups attached to an aromatic ring is 1. The molecule has 17 heavy (non-hydrogen) atoms. The van der Waals surface area contributed by atoms with E-state index in [2.05, 4.69) is 17.1 Å². The minimum Gasteiger partial charge on any atom is -0.397 e. The van der Waals surface area contributed by atoms with Crippen LogP contribution in [0, 0.1) is 12.7 Å². The smallest absolute Gasteiger partial charge is 0.128 e. The van der Waals surface area contributed by atoms with Crippen molar-refractivity contribution in [3.63, 3.8) is 0 Å². The standard InChI is InChI=1S/C13H22FN3/c1-9-7-13(12(15)8-11(9)14)16-10(2)5-6-17(3)4/h7-8,10,16H,5-6,15H2,1-4H3. The van der Waals surface area contributed by atoms with Crippen LogP contribution < -0.4 is 11.1 Å². The molecular weight excluding hydrogens is 217 g/mol. The van der Waals surface area contributed by atoms with Crippen molar-refractivity contribution in [3.05, 3.63) is 23.5 Å². The lowest BCUT2D eigenvalue weighted by atomic mass is 10.1. The van der Waals surface area contributed by atoms with Gasteiger partial charge in [-0.2, -0.15) is 0 Å². The van der Waals surface area contributed by atoms with Gasteiger partial charge in [-0.25, -0.2) is 4.39 Å². The molecule has 0 amide bonds. The van der Waals surface area contributed by atoms with E-state index in [9.17, 15) is 4.39 Å². The first-order valence-electron chi connectivity index (χ1n) is 5.87. The molecule has 0 fully saturated rings. The van der Waals surface area contributed by atoms with Crippen LogP contribution in [0.4, 0.5) is 15.8 Å². The van der Waals surface area contributed by atoms with Gasteiger partial charge in [-0.3, -0.25) is 0 Å². The average molecular weight is 239 g/mol. The third-order valence-electron chi connectivity index (χ3n) is 2.74. The summed E-state index contributed by atoms with van der Waals surface area (Å²) in [6, 6.07) is 3.44. The number of benzene rings is 1. The lowest BCUT2D eigenvalue weighted by Crippen LogP contribution is -2.23. The van der Waals surface area contributed by atoms with Crippen molar-refractivity contribution in [1.29, 1.82) is 0 Å². The maximum Gasteiger partial charge on any atom is 0.128 e. The number of halogens is 1. The molecule has 1 unspecified atom stereocenters. The molecule has 1 atom stereocenters. The number of nitrogens with zero attached hydrogens (tertiary/aromatic N) is 1. The molecule has 0 aliphatic rings. The van der Waals surface area contributed by atoms with Gasteiger partial charge in [-0.05, 0) is 58.6 Å². The van der Waals surface area contributed by atoms with Gasteiger partial charge in [0.2, 0.25) is 0 Å². The fourth-order valence-electron chi connectivity index (χ4n) is 1.61. The number of nitrogens with one attached hydrogen (secondary N) is 1. The van der Waals surface area contributed by atoms with Gasteiger partial charge >= 0.3 is 0 Å². The first kappa shape index (κ1) is 13.8. The summed E-state index contributed by atoms with van der Waals surface area (Å²) in [5.41, 5.74) is 7.67. The summed E-state index contributed by atoms with van der Waals surface area (Å²) in [6.45, 7) is 4.85. The Morgan fingerprint density at radius 2 is 2.06 bits per heavy atom. The second-order valence-corrected chi connectivity index (χ2v) is 4.83. The summed E-state index contributed by atoms with van der Waals surface area (Å²) >= 11 is 0. The number of anilines is 2. The van der Waals surface area contributed by atoms with Gasteiger partial charge in [0.25, 0.3) is 0 Å². The summed E-state index contributed by atoms with van der Waals surface area (Å²) in [5, 5.41) is 3.32. The number of nitrogens with two attached hydrogens (primary N) is 1. The largest absolute Gasteiger partial charge is 0.397 e. The number of rotatable bonds is 5. The Kier molecular flexibility index (Phi) is 4.75. The van der Waals surface area contributed by atoms with Gasteiger partial charge in [-0.15, -0.1) is 0 Å². The molecule has 0 aliphatic heterocycles. The average Bonchev–Trinajstić information content (AvgIpc) is 2.23. The molecule has 3 N–H and O–H groups in total. The Balaban J connectivity index is 2.65. The highest BCUT2D eigenvalue weighted by Gasteiger charge is 2.08. The van der Waals surface area contributed by atoms with Crippen LogP contribution in [0.25, 0.3) is 0 Å². The van der Waals surface area contributed by atoms with E-state index in [1.807, 2.05) is 14.1 Å². The zero-order chi connectivity index (χ0) is 13.0. The fourth-order valence-corrected chi connectivity index (χ4v) is 1.61. The number of aryl methyl sites for hydroxylation is 1. The van der Waals surface area contributed by atoms with Crippen LogP contribution in [0.1, 0.15) is 18.9 Å². The van der Waals surface area contributed by atoms with E-state index in [4.69, 9.17) is 5.73 Å². The second-order valence-electron chi connectivity index (χ2n) is 4.83. The highest BCUT2D eigenvalue weighted by Crippen LogP contribution is 2.23. The van der Waals surface area contributed by atoms with E-state index >= 15 is 0 Å². The molecule has 0 radical (unpaired) electrons. The SMILES string of the molecule is Cc1cc(NC(C)CCN(C)C)c(N)cc1F. The van der Waals surface area contributed by atoms with Crippen molar-refractivity contribution in [3.8, 4) is 0 Å². The highest BCUT2D eigenvalue weighted by molar-refractivity contribution is 5.67. The summed E-state index contributed by atoms with van der Waals surface area (Å²) in [5.74, 6) is -0.256. The Labute approximate surface area is 103 Å². The monoisotopic (exact) mass is 239 g/mol. The summed E-state index contributed by atoms with van der Waals surface area (Å²) in [6.07, 6.45) is 1.02. The molecule has 0 heterocycles. The predicted octanol–water partition coefficient (Wildman–Crippen LogP) is 2.47. The molecule has 0 aliphatic carbocycles. The molecule has 96 valence electrons. The van der Waals surface area contributed by atoms with Gasteiger partial charge in [0.1, 0.15) is 5.82 Å². The molecule has 1 rings (SSSR count). The summed E-state index contributed by atoms with van der Waals surface area (Å²) in [4.78, 5) is 2.14. The first-order chi connectivity index (χ1) is 7.90. The number of hydrogen-bond acceptors (Lipinski definition) is 3. The molecule has 1 aromatic rings. The third kappa shape index (κ3) is 4.23. The van der Waals surface area contributed by atoms with E-state index in [0.29, 0.717) is 17.3 Å². The van der Waals surface area contributed by atoms with E-state index < -0.39 is 0 Å². The van der Waals surface area contributed by atoms with Gasteiger partial charge in [0.05, 0.1) is 11.4 Å². The van der Waals surface area contributed by atoms with E-state index in [0.717, 1.165) is 18.7 Å². The predicted molar refractivity (Wildman–Crippen MR) is 71.8 cm³/mol. The maximum atomic E-state index is 13.2. The summed E-state index contributed by atoms with van der Waals surface area (Å²) in [7, 11) is 4.09. The highest BCUT2D eigenvalue weighted by atomic mass is 19.1. The van der Waals surface area contributed by atoms with Gasteiger partial charge in [0, 0.05) is 6.04 Å². The normalized spacial score (nSPS) is 12.8. The van der Waals surface area contributed by atoms with Gasteiger partial charge in [-0.1, -0.05) is 0 Å². The zero-order valence-electron chi connectivity index (χ0n) is 11.0. The molecule has 0 saturated heterocycles. The topological polar surface area (TPSA) is 41.3 Å². The quantitative estimate of drug-likeness (QED) is 0.776. The Morgan fingerprint density at radius 3 is 2.65 bits per heavy atom. The molecule has 0 bridgehead atoms. The van der Waals surface area contributed by atoms with Crippen molar-refractivity contribution >= 4 is 11.4 Å². The van der Waals surface area contributed by atoms with Crippen molar-refractivity contribution in [2.45, 2.75) is 26.3 Å². The van der Waals surface area contributed by atoms with E-state index in [1.54, 1.807) is 13.0 Å². The minimum atomic E-state index is -0.256. The van der Waals surface area contributed by atoms with Gasteiger partial charge < -0.3 is 16.0 Å². The van der Waals surface area contributed by atoms with Crippen LogP contribution in [0.15, 0.2) is 12.1 Å².